The number of rotatable bonds is 8. The van der Waals surface area contributed by atoms with Gasteiger partial charge in [-0.25, -0.2) is 0 Å². The van der Waals surface area contributed by atoms with E-state index >= 15 is 0 Å². The maximum Gasteiger partial charge on any atom is 0.416 e. The Balaban J connectivity index is 1.51. The quantitative estimate of drug-likeness (QED) is 0.169. The van der Waals surface area contributed by atoms with E-state index in [4.69, 9.17) is 21.1 Å². The minimum Gasteiger partial charge on any atom is -0.493 e. The van der Waals surface area contributed by atoms with E-state index in [-0.39, 0.29) is 16.4 Å². The van der Waals surface area contributed by atoms with E-state index in [2.05, 4.69) is 5.32 Å². The van der Waals surface area contributed by atoms with Crippen molar-refractivity contribution in [3.63, 3.8) is 0 Å². The second-order valence-corrected chi connectivity index (χ2v) is 9.71. The molecule has 0 atom stereocenters. The molecule has 10 nitrogen and oxygen atoms in total. The molecule has 3 amide bonds. The van der Waals surface area contributed by atoms with Crippen LogP contribution < -0.4 is 14.8 Å². The second-order valence-electron chi connectivity index (χ2n) is 8.28. The first-order valence-electron chi connectivity index (χ1n) is 11.4. The molecule has 1 N–H and O–H groups in total. The van der Waals surface area contributed by atoms with Crippen LogP contribution in [-0.2, 0) is 15.8 Å². The minimum absolute atomic E-state index is 0.0136. The van der Waals surface area contributed by atoms with Gasteiger partial charge in [-0.3, -0.25) is 29.4 Å². The van der Waals surface area contributed by atoms with Crippen LogP contribution in [0, 0.1) is 10.1 Å². The number of alkyl halides is 3. The van der Waals surface area contributed by atoms with Gasteiger partial charge in [0.05, 0.1) is 22.5 Å². The summed E-state index contributed by atoms with van der Waals surface area (Å²) in [5.41, 5.74) is -1.36. The molecule has 1 aliphatic rings. The summed E-state index contributed by atoms with van der Waals surface area (Å²) >= 11 is 6.51. The van der Waals surface area contributed by atoms with Gasteiger partial charge in [0.25, 0.3) is 11.1 Å². The van der Waals surface area contributed by atoms with Crippen molar-refractivity contribution in [2.24, 2.45) is 0 Å². The molecule has 212 valence electrons. The highest BCUT2D eigenvalue weighted by Crippen LogP contribution is 2.41. The largest absolute Gasteiger partial charge is 0.493 e. The molecule has 1 saturated heterocycles. The van der Waals surface area contributed by atoms with Gasteiger partial charge in [0.1, 0.15) is 6.54 Å². The number of anilines is 1. The molecule has 4 rings (SSSR count). The van der Waals surface area contributed by atoms with Crippen molar-refractivity contribution < 1.29 is 42.0 Å². The first-order chi connectivity index (χ1) is 19.3. The fraction of sp³-hybridized carbons (Fsp3) is 0.115. The third kappa shape index (κ3) is 6.96. The maximum atomic E-state index is 13.0. The van der Waals surface area contributed by atoms with Gasteiger partial charge >= 0.3 is 11.9 Å². The lowest BCUT2D eigenvalue weighted by Gasteiger charge is -2.13. The molecule has 0 aliphatic carbocycles. The van der Waals surface area contributed by atoms with Crippen LogP contribution in [0.15, 0.2) is 65.6 Å². The first kappa shape index (κ1) is 29.4. The Morgan fingerprint density at radius 3 is 2.49 bits per heavy atom. The SMILES string of the molecule is COc1cc(/C=C2/SC(=O)N(CC(=O)Nc3cccc(Cl)c3)C2=O)ccc1Oc1ccc(C(F)(F)F)cc1[N+](=O)[O-]. The van der Waals surface area contributed by atoms with Crippen molar-refractivity contribution in [3.05, 3.63) is 91.8 Å². The van der Waals surface area contributed by atoms with E-state index in [1.165, 1.54) is 37.5 Å². The van der Waals surface area contributed by atoms with Crippen LogP contribution in [0.25, 0.3) is 6.08 Å². The highest BCUT2D eigenvalue weighted by Gasteiger charge is 2.36. The monoisotopic (exact) mass is 607 g/mol. The number of nitro groups is 1. The van der Waals surface area contributed by atoms with E-state index in [9.17, 15) is 37.7 Å². The van der Waals surface area contributed by atoms with Gasteiger partial charge in [-0.15, -0.1) is 0 Å². The first-order valence-corrected chi connectivity index (χ1v) is 12.6. The molecule has 3 aromatic rings. The second kappa shape index (κ2) is 11.9. The lowest BCUT2D eigenvalue weighted by molar-refractivity contribution is -0.385. The molecule has 1 fully saturated rings. The molecule has 3 aromatic carbocycles. The number of ether oxygens (including phenoxy) is 2. The number of halogens is 4. The molecule has 0 saturated carbocycles. The van der Waals surface area contributed by atoms with Crippen LogP contribution >= 0.6 is 23.4 Å². The van der Waals surface area contributed by atoms with E-state index in [0.29, 0.717) is 40.2 Å². The summed E-state index contributed by atoms with van der Waals surface area (Å²) in [5, 5.41) is 13.7. The molecule has 0 aromatic heterocycles. The van der Waals surface area contributed by atoms with Crippen molar-refractivity contribution in [2.45, 2.75) is 6.18 Å². The molecule has 41 heavy (non-hydrogen) atoms. The lowest BCUT2D eigenvalue weighted by atomic mass is 10.1. The number of carbonyl (C=O) groups excluding carboxylic acids is 3. The predicted molar refractivity (Wildman–Crippen MR) is 144 cm³/mol. The van der Waals surface area contributed by atoms with Crippen molar-refractivity contribution in [1.29, 1.82) is 0 Å². The van der Waals surface area contributed by atoms with Crippen molar-refractivity contribution in [1.82, 2.24) is 4.90 Å². The summed E-state index contributed by atoms with van der Waals surface area (Å²) in [7, 11) is 1.26. The van der Waals surface area contributed by atoms with Gasteiger partial charge in [-0.2, -0.15) is 13.2 Å². The Kier molecular flexibility index (Phi) is 8.54. The number of imide groups is 1. The number of nitrogens with zero attached hydrogens (tertiary/aromatic N) is 2. The van der Waals surface area contributed by atoms with Crippen LogP contribution in [0.5, 0.6) is 17.2 Å². The number of methoxy groups -OCH3 is 1. The molecular weight excluding hydrogens is 591 g/mol. The summed E-state index contributed by atoms with van der Waals surface area (Å²) in [6.07, 6.45) is -3.42. The minimum atomic E-state index is -4.79. The number of hydrogen-bond donors (Lipinski definition) is 1. The van der Waals surface area contributed by atoms with Crippen LogP contribution in [0.3, 0.4) is 0 Å². The number of nitrogens with one attached hydrogen (secondary N) is 1. The summed E-state index contributed by atoms with van der Waals surface area (Å²) in [4.78, 5) is 48.8. The third-order valence-electron chi connectivity index (χ3n) is 5.47. The van der Waals surface area contributed by atoms with Crippen molar-refractivity contribution >= 4 is 57.9 Å². The van der Waals surface area contributed by atoms with E-state index in [1.54, 1.807) is 18.2 Å². The number of hydrogen-bond acceptors (Lipinski definition) is 8. The smallest absolute Gasteiger partial charge is 0.416 e. The zero-order valence-electron chi connectivity index (χ0n) is 20.7. The molecule has 0 bridgehead atoms. The van der Waals surface area contributed by atoms with Gasteiger partial charge in [0, 0.05) is 16.8 Å². The highest BCUT2D eigenvalue weighted by molar-refractivity contribution is 8.18. The van der Waals surface area contributed by atoms with Crippen LogP contribution in [0.4, 0.5) is 29.3 Å². The maximum absolute atomic E-state index is 13.0. The van der Waals surface area contributed by atoms with Crippen LogP contribution in [-0.4, -0.2) is 40.5 Å². The highest BCUT2D eigenvalue weighted by atomic mass is 35.5. The molecular formula is C26H17ClF3N3O7S. The fourth-order valence-electron chi connectivity index (χ4n) is 3.60. The van der Waals surface area contributed by atoms with Crippen molar-refractivity contribution in [2.75, 3.05) is 19.0 Å². The van der Waals surface area contributed by atoms with Gasteiger partial charge < -0.3 is 14.8 Å². The Bertz CT molecular complexity index is 1600. The molecule has 0 spiro atoms. The summed E-state index contributed by atoms with van der Waals surface area (Å²) in [5.74, 6) is -1.80. The van der Waals surface area contributed by atoms with E-state index < -0.39 is 51.7 Å². The van der Waals surface area contributed by atoms with Crippen LogP contribution in [0.1, 0.15) is 11.1 Å². The van der Waals surface area contributed by atoms with Gasteiger partial charge in [0.2, 0.25) is 11.7 Å². The number of thioether (sulfide) groups is 1. The molecule has 0 radical (unpaired) electrons. The van der Waals surface area contributed by atoms with Gasteiger partial charge in [0.15, 0.2) is 11.5 Å². The molecule has 0 unspecified atom stereocenters. The molecule has 1 aliphatic heterocycles. The fourth-order valence-corrected chi connectivity index (χ4v) is 4.63. The lowest BCUT2D eigenvalue weighted by Crippen LogP contribution is -2.36. The topological polar surface area (TPSA) is 128 Å². The number of carbonyl (C=O) groups is 3. The summed E-state index contributed by atoms with van der Waals surface area (Å²) < 4.78 is 49.7. The van der Waals surface area contributed by atoms with E-state index in [1.807, 2.05) is 0 Å². The van der Waals surface area contributed by atoms with Crippen molar-refractivity contribution in [3.8, 4) is 17.2 Å². The number of amides is 3. The number of benzene rings is 3. The molecule has 15 heteroatoms. The van der Waals surface area contributed by atoms with Gasteiger partial charge in [-0.1, -0.05) is 23.7 Å². The normalized spacial score (nSPS) is 14.4. The zero-order chi connectivity index (χ0) is 29.9. The Morgan fingerprint density at radius 1 is 1.10 bits per heavy atom. The van der Waals surface area contributed by atoms with Gasteiger partial charge in [-0.05, 0) is 65.9 Å². The number of nitro benzene ring substituents is 1. The Hall–Kier alpha value is -4.56. The predicted octanol–water partition coefficient (Wildman–Crippen LogP) is 6.74. The average molecular weight is 608 g/mol. The Morgan fingerprint density at radius 2 is 1.83 bits per heavy atom. The van der Waals surface area contributed by atoms with E-state index in [0.717, 1.165) is 11.0 Å². The third-order valence-corrected chi connectivity index (χ3v) is 6.61. The average Bonchev–Trinajstić information content (AvgIpc) is 3.16. The van der Waals surface area contributed by atoms with Crippen LogP contribution in [0.2, 0.25) is 5.02 Å². The summed E-state index contributed by atoms with van der Waals surface area (Å²) in [6.45, 7) is -0.531. The zero-order valence-corrected chi connectivity index (χ0v) is 22.3. The Labute approximate surface area is 238 Å². The summed E-state index contributed by atoms with van der Waals surface area (Å²) in [6, 6.07) is 12.3. The standard InChI is InChI=1S/C26H17ClF3N3O7S/c1-39-21-9-14(5-7-20(21)40-19-8-6-15(26(28,29)30)11-18(19)33(37)38)10-22-24(35)32(25(36)41-22)13-23(34)31-17-4-2-3-16(27)12-17/h2-12H,13H2,1H3,(H,31,34)/b22-10+. The molecule has 1 heterocycles.